The van der Waals surface area contributed by atoms with Gasteiger partial charge in [0.25, 0.3) is 0 Å². The molecule has 198 valence electrons. The minimum absolute atomic E-state index is 0.140. The van der Waals surface area contributed by atoms with Crippen LogP contribution in [0.15, 0.2) is 54.6 Å². The fraction of sp³-hybridized carbons (Fsp3) is 0.429. The number of hydrogen-bond acceptors (Lipinski definition) is 7. The molecule has 0 spiro atoms. The zero-order valence-electron chi connectivity index (χ0n) is 21.5. The molecule has 2 amide bonds. The molecular formula is C28H34N2O7. The maximum atomic E-state index is 12.9. The predicted octanol–water partition coefficient (Wildman–Crippen LogP) is 3.12. The summed E-state index contributed by atoms with van der Waals surface area (Å²) in [6, 6.07) is 15.4. The molecule has 9 heteroatoms. The molecule has 3 rings (SSSR count). The van der Waals surface area contributed by atoms with Gasteiger partial charge in [0.15, 0.2) is 0 Å². The Bertz CT molecular complexity index is 1100. The van der Waals surface area contributed by atoms with Crippen LogP contribution >= 0.6 is 0 Å². The van der Waals surface area contributed by atoms with Gasteiger partial charge in [-0.15, -0.1) is 0 Å². The maximum Gasteiger partial charge on any atom is 0.341 e. The van der Waals surface area contributed by atoms with Gasteiger partial charge in [-0.2, -0.15) is 0 Å². The third-order valence-corrected chi connectivity index (χ3v) is 6.07. The highest BCUT2D eigenvalue weighted by atomic mass is 16.5. The Morgan fingerprint density at radius 3 is 2.46 bits per heavy atom. The van der Waals surface area contributed by atoms with E-state index in [9.17, 15) is 19.2 Å². The van der Waals surface area contributed by atoms with Crippen LogP contribution in [0.5, 0.6) is 5.75 Å². The zero-order valence-corrected chi connectivity index (χ0v) is 21.5. The standard InChI is InChI=1S/C28H34N2O7/c1-28(2)16-22(27(34)37-18-20-10-5-4-6-11-20)30(19-28)25(32)17-29-24(31)14-9-15-36-23-13-8-7-12-21(23)26(33)35-3/h4-8,10-13,22H,9,14-19H2,1-3H3,(H,29,31)/t22-/m0/s1. The summed E-state index contributed by atoms with van der Waals surface area (Å²) in [7, 11) is 1.30. The van der Waals surface area contributed by atoms with Crippen LogP contribution in [0, 0.1) is 5.41 Å². The molecule has 0 aliphatic carbocycles. The van der Waals surface area contributed by atoms with Crippen molar-refractivity contribution in [2.45, 2.75) is 45.8 Å². The van der Waals surface area contributed by atoms with E-state index in [0.29, 0.717) is 30.7 Å². The molecule has 1 atom stereocenters. The van der Waals surface area contributed by atoms with Crippen molar-refractivity contribution in [3.8, 4) is 5.75 Å². The van der Waals surface area contributed by atoms with Crippen LogP contribution in [0.4, 0.5) is 0 Å². The highest BCUT2D eigenvalue weighted by Gasteiger charge is 2.44. The molecule has 0 radical (unpaired) electrons. The fourth-order valence-corrected chi connectivity index (χ4v) is 4.22. The number of ether oxygens (including phenoxy) is 3. The Labute approximate surface area is 217 Å². The average molecular weight is 511 g/mol. The lowest BCUT2D eigenvalue weighted by atomic mass is 9.91. The number of methoxy groups -OCH3 is 1. The van der Waals surface area contributed by atoms with Crippen LogP contribution in [0.2, 0.25) is 0 Å². The number of para-hydroxylation sites is 1. The van der Waals surface area contributed by atoms with Crippen molar-refractivity contribution in [3.05, 3.63) is 65.7 Å². The van der Waals surface area contributed by atoms with Crippen LogP contribution in [0.1, 0.15) is 49.0 Å². The van der Waals surface area contributed by atoms with E-state index in [4.69, 9.17) is 14.2 Å². The summed E-state index contributed by atoms with van der Waals surface area (Å²) in [4.78, 5) is 51.3. The largest absolute Gasteiger partial charge is 0.493 e. The van der Waals surface area contributed by atoms with E-state index in [2.05, 4.69) is 5.32 Å². The third kappa shape index (κ3) is 8.06. The monoisotopic (exact) mass is 510 g/mol. The van der Waals surface area contributed by atoms with Crippen LogP contribution in [-0.4, -0.2) is 61.5 Å². The molecule has 2 aromatic rings. The van der Waals surface area contributed by atoms with Crippen molar-refractivity contribution in [2.24, 2.45) is 5.41 Å². The van der Waals surface area contributed by atoms with Crippen molar-refractivity contribution >= 4 is 23.8 Å². The molecule has 1 aliphatic heterocycles. The molecule has 37 heavy (non-hydrogen) atoms. The summed E-state index contributed by atoms with van der Waals surface area (Å²) in [5, 5.41) is 2.63. The van der Waals surface area contributed by atoms with E-state index in [1.54, 1.807) is 24.3 Å². The van der Waals surface area contributed by atoms with Crippen molar-refractivity contribution in [1.29, 1.82) is 0 Å². The normalized spacial score (nSPS) is 16.1. The van der Waals surface area contributed by atoms with Gasteiger partial charge in [-0.25, -0.2) is 9.59 Å². The number of nitrogens with zero attached hydrogens (tertiary/aromatic N) is 1. The summed E-state index contributed by atoms with van der Waals surface area (Å²) in [5.41, 5.74) is 0.940. The van der Waals surface area contributed by atoms with Crippen LogP contribution in [0.25, 0.3) is 0 Å². The van der Waals surface area contributed by atoms with E-state index in [1.165, 1.54) is 12.0 Å². The van der Waals surface area contributed by atoms with Crippen molar-refractivity contribution in [2.75, 3.05) is 26.8 Å². The number of esters is 2. The average Bonchev–Trinajstić information content (AvgIpc) is 3.24. The smallest absolute Gasteiger partial charge is 0.341 e. The molecule has 1 aliphatic rings. The first-order chi connectivity index (χ1) is 17.7. The lowest BCUT2D eigenvalue weighted by Crippen LogP contribution is -2.46. The van der Waals surface area contributed by atoms with E-state index >= 15 is 0 Å². The van der Waals surface area contributed by atoms with Gasteiger partial charge in [0.1, 0.15) is 24.0 Å². The van der Waals surface area contributed by atoms with E-state index in [0.717, 1.165) is 5.56 Å². The lowest BCUT2D eigenvalue weighted by molar-refractivity contribution is -0.154. The topological polar surface area (TPSA) is 111 Å². The Hall–Kier alpha value is -3.88. The van der Waals surface area contributed by atoms with Gasteiger partial charge in [0.2, 0.25) is 11.8 Å². The van der Waals surface area contributed by atoms with Gasteiger partial charge in [0, 0.05) is 13.0 Å². The van der Waals surface area contributed by atoms with E-state index in [-0.39, 0.29) is 43.4 Å². The first-order valence-corrected chi connectivity index (χ1v) is 12.3. The third-order valence-electron chi connectivity index (χ3n) is 6.07. The Balaban J connectivity index is 1.44. The molecular weight excluding hydrogens is 476 g/mol. The summed E-state index contributed by atoms with van der Waals surface area (Å²) in [5.74, 6) is -1.20. The number of likely N-dealkylation sites (tertiary alicyclic amines) is 1. The van der Waals surface area contributed by atoms with Crippen LogP contribution < -0.4 is 10.1 Å². The van der Waals surface area contributed by atoms with Gasteiger partial charge in [-0.1, -0.05) is 56.3 Å². The molecule has 0 unspecified atom stereocenters. The second kappa shape index (κ2) is 12.9. The quantitative estimate of drug-likeness (QED) is 0.365. The van der Waals surface area contributed by atoms with Crippen LogP contribution in [0.3, 0.4) is 0 Å². The molecule has 0 saturated carbocycles. The summed E-state index contributed by atoms with van der Waals surface area (Å²) in [6.45, 7) is 4.54. The molecule has 0 bridgehead atoms. The zero-order chi connectivity index (χ0) is 26.8. The van der Waals surface area contributed by atoms with Gasteiger partial charge < -0.3 is 24.4 Å². The molecule has 1 N–H and O–H groups in total. The number of carbonyl (C=O) groups is 4. The van der Waals surface area contributed by atoms with Crippen molar-refractivity contribution < 1.29 is 33.4 Å². The van der Waals surface area contributed by atoms with Gasteiger partial charge in [0.05, 0.1) is 20.3 Å². The summed E-state index contributed by atoms with van der Waals surface area (Å²) in [6.07, 6.45) is 1.02. The molecule has 2 aromatic carbocycles. The highest BCUT2D eigenvalue weighted by molar-refractivity contribution is 5.92. The predicted molar refractivity (Wildman–Crippen MR) is 136 cm³/mol. The lowest BCUT2D eigenvalue weighted by Gasteiger charge is -2.24. The number of hydrogen-bond donors (Lipinski definition) is 1. The number of rotatable bonds is 11. The SMILES string of the molecule is COC(=O)c1ccccc1OCCCC(=O)NCC(=O)N1CC(C)(C)C[C@H]1C(=O)OCc1ccccc1. The molecule has 1 fully saturated rings. The second-order valence-electron chi connectivity index (χ2n) is 9.72. The fourth-order valence-electron chi connectivity index (χ4n) is 4.22. The van der Waals surface area contributed by atoms with E-state index < -0.39 is 18.0 Å². The minimum atomic E-state index is -0.689. The number of amides is 2. The number of nitrogens with one attached hydrogen (secondary N) is 1. The molecule has 1 saturated heterocycles. The second-order valence-corrected chi connectivity index (χ2v) is 9.72. The van der Waals surface area contributed by atoms with Gasteiger partial charge in [-0.3, -0.25) is 9.59 Å². The Morgan fingerprint density at radius 2 is 1.73 bits per heavy atom. The Kier molecular flexibility index (Phi) is 9.65. The van der Waals surface area contributed by atoms with E-state index in [1.807, 2.05) is 44.2 Å². The maximum absolute atomic E-state index is 12.9. The molecule has 9 nitrogen and oxygen atoms in total. The Morgan fingerprint density at radius 1 is 1.03 bits per heavy atom. The first-order valence-electron chi connectivity index (χ1n) is 12.3. The van der Waals surface area contributed by atoms with Gasteiger partial charge in [-0.05, 0) is 36.0 Å². The number of benzene rings is 2. The van der Waals surface area contributed by atoms with Gasteiger partial charge >= 0.3 is 11.9 Å². The highest BCUT2D eigenvalue weighted by Crippen LogP contribution is 2.34. The minimum Gasteiger partial charge on any atom is -0.493 e. The van der Waals surface area contributed by atoms with Crippen LogP contribution in [-0.2, 0) is 30.5 Å². The van der Waals surface area contributed by atoms with Crippen molar-refractivity contribution in [3.63, 3.8) is 0 Å². The molecule has 1 heterocycles. The summed E-state index contributed by atoms with van der Waals surface area (Å²) >= 11 is 0. The summed E-state index contributed by atoms with van der Waals surface area (Å²) < 4.78 is 15.8. The van der Waals surface area contributed by atoms with Crippen molar-refractivity contribution in [1.82, 2.24) is 10.2 Å². The molecule has 0 aromatic heterocycles. The number of carbonyl (C=O) groups excluding carboxylic acids is 4. The first kappa shape index (κ1) is 27.7.